The molecule has 0 unspecified atom stereocenters. The quantitative estimate of drug-likeness (QED) is 0.723. The van der Waals surface area contributed by atoms with E-state index in [1.54, 1.807) is 36.4 Å². The molecule has 0 aliphatic carbocycles. The van der Waals surface area contributed by atoms with E-state index in [-0.39, 0.29) is 11.0 Å². The molecule has 0 radical (unpaired) electrons. The number of methoxy groups -OCH3 is 3. The highest BCUT2D eigenvalue weighted by Crippen LogP contribution is 2.28. The molecule has 2 aromatic carbocycles. The van der Waals surface area contributed by atoms with E-state index >= 15 is 0 Å². The molecule has 0 fully saturated rings. The van der Waals surface area contributed by atoms with Crippen LogP contribution in [0, 0.1) is 0 Å². The topological polar surface area (TPSA) is 77.6 Å². The fraction of sp³-hybridized carbons (Fsp3) is 0.158. The number of aromatic amines is 1. The summed E-state index contributed by atoms with van der Waals surface area (Å²) in [5.74, 6) is 1.09. The Morgan fingerprint density at radius 3 is 2.36 bits per heavy atom. The molecule has 0 aliphatic rings. The highest BCUT2D eigenvalue weighted by atomic mass is 16.5. The first-order chi connectivity index (χ1) is 12.1. The number of aromatic nitrogens is 1. The van der Waals surface area contributed by atoms with E-state index < -0.39 is 5.78 Å². The van der Waals surface area contributed by atoms with Gasteiger partial charge < -0.3 is 19.2 Å². The van der Waals surface area contributed by atoms with Gasteiger partial charge in [0.2, 0.25) is 5.43 Å². The molecule has 1 N–H and O–H groups in total. The molecular formula is C19H17NO5. The van der Waals surface area contributed by atoms with Crippen LogP contribution in [-0.4, -0.2) is 32.1 Å². The molecule has 3 rings (SSSR count). The molecule has 0 amide bonds. The SMILES string of the molecule is COc1ccc2[nH]cc(C(=O)c3ccc(OC)c(OC)c3)c(=O)c2c1. The van der Waals surface area contributed by atoms with Crippen LogP contribution in [0.2, 0.25) is 0 Å². The van der Waals surface area contributed by atoms with Crippen molar-refractivity contribution in [3.8, 4) is 17.2 Å². The van der Waals surface area contributed by atoms with Crippen LogP contribution in [0.1, 0.15) is 15.9 Å². The van der Waals surface area contributed by atoms with Crippen LogP contribution in [0.15, 0.2) is 47.4 Å². The minimum Gasteiger partial charge on any atom is -0.497 e. The number of ether oxygens (including phenoxy) is 3. The van der Waals surface area contributed by atoms with Gasteiger partial charge in [-0.15, -0.1) is 0 Å². The summed E-state index contributed by atoms with van der Waals surface area (Å²) in [7, 11) is 4.52. The van der Waals surface area contributed by atoms with Gasteiger partial charge in [-0.3, -0.25) is 9.59 Å². The lowest BCUT2D eigenvalue weighted by molar-refractivity contribution is 0.103. The Labute approximate surface area is 144 Å². The fourth-order valence-electron chi connectivity index (χ4n) is 2.63. The summed E-state index contributed by atoms with van der Waals surface area (Å²) in [6, 6.07) is 9.87. The molecule has 1 aromatic heterocycles. The number of rotatable bonds is 5. The van der Waals surface area contributed by atoms with E-state index in [4.69, 9.17) is 14.2 Å². The van der Waals surface area contributed by atoms with Crippen LogP contribution in [-0.2, 0) is 0 Å². The predicted octanol–water partition coefficient (Wildman–Crippen LogP) is 2.78. The van der Waals surface area contributed by atoms with E-state index in [0.29, 0.717) is 33.7 Å². The van der Waals surface area contributed by atoms with Crippen LogP contribution in [0.4, 0.5) is 0 Å². The maximum Gasteiger partial charge on any atom is 0.200 e. The van der Waals surface area contributed by atoms with E-state index in [1.165, 1.54) is 27.5 Å². The van der Waals surface area contributed by atoms with Gasteiger partial charge in [0.05, 0.1) is 26.9 Å². The number of hydrogen-bond donors (Lipinski definition) is 1. The van der Waals surface area contributed by atoms with Crippen LogP contribution >= 0.6 is 0 Å². The normalized spacial score (nSPS) is 10.5. The maximum atomic E-state index is 12.8. The minimum absolute atomic E-state index is 0.0490. The van der Waals surface area contributed by atoms with Gasteiger partial charge in [-0.2, -0.15) is 0 Å². The van der Waals surface area contributed by atoms with Crippen molar-refractivity contribution >= 4 is 16.7 Å². The fourth-order valence-corrected chi connectivity index (χ4v) is 2.63. The summed E-state index contributed by atoms with van der Waals surface area (Å²) in [5.41, 5.74) is 0.667. The number of carbonyl (C=O) groups excluding carboxylic acids is 1. The molecule has 128 valence electrons. The third-order valence-corrected chi connectivity index (χ3v) is 3.98. The van der Waals surface area contributed by atoms with E-state index in [2.05, 4.69) is 4.98 Å². The number of benzene rings is 2. The molecular weight excluding hydrogens is 322 g/mol. The average Bonchev–Trinajstić information content (AvgIpc) is 2.67. The van der Waals surface area contributed by atoms with Gasteiger partial charge in [0.1, 0.15) is 5.75 Å². The molecule has 3 aromatic rings. The monoisotopic (exact) mass is 339 g/mol. The second-order valence-electron chi connectivity index (χ2n) is 5.34. The van der Waals surface area contributed by atoms with E-state index in [9.17, 15) is 9.59 Å². The zero-order valence-corrected chi connectivity index (χ0v) is 14.1. The van der Waals surface area contributed by atoms with Crippen molar-refractivity contribution < 1.29 is 19.0 Å². The van der Waals surface area contributed by atoms with Crippen molar-refractivity contribution in [2.24, 2.45) is 0 Å². The van der Waals surface area contributed by atoms with Gasteiger partial charge in [0, 0.05) is 22.7 Å². The van der Waals surface area contributed by atoms with Crippen molar-refractivity contribution in [2.75, 3.05) is 21.3 Å². The summed E-state index contributed by atoms with van der Waals surface area (Å²) in [6.07, 6.45) is 1.43. The summed E-state index contributed by atoms with van der Waals surface area (Å²) in [6.45, 7) is 0. The molecule has 1 heterocycles. The van der Waals surface area contributed by atoms with Gasteiger partial charge in [0.25, 0.3) is 0 Å². The number of fused-ring (bicyclic) bond motifs is 1. The van der Waals surface area contributed by atoms with Crippen LogP contribution in [0.3, 0.4) is 0 Å². The largest absolute Gasteiger partial charge is 0.497 e. The minimum atomic E-state index is -0.396. The number of pyridine rings is 1. The first-order valence-electron chi connectivity index (χ1n) is 7.55. The molecule has 0 aliphatic heterocycles. The number of nitrogens with one attached hydrogen (secondary N) is 1. The standard InChI is InChI=1S/C19H17NO5/c1-23-12-5-6-15-13(9-12)19(22)14(10-20-15)18(21)11-4-7-16(24-2)17(8-11)25-3/h4-10H,1-3H3,(H,20,22). The van der Waals surface area contributed by atoms with Gasteiger partial charge in [0.15, 0.2) is 17.3 Å². The lowest BCUT2D eigenvalue weighted by Gasteiger charge is -2.09. The molecule has 0 bridgehead atoms. The molecule has 0 atom stereocenters. The highest BCUT2D eigenvalue weighted by Gasteiger charge is 2.17. The Morgan fingerprint density at radius 1 is 0.920 bits per heavy atom. The average molecular weight is 339 g/mol. The maximum absolute atomic E-state index is 12.8. The lowest BCUT2D eigenvalue weighted by Crippen LogP contribution is -2.17. The van der Waals surface area contributed by atoms with E-state index in [1.807, 2.05) is 0 Å². The Hall–Kier alpha value is -3.28. The first-order valence-corrected chi connectivity index (χ1v) is 7.55. The Balaban J connectivity index is 2.11. The lowest BCUT2D eigenvalue weighted by atomic mass is 10.0. The number of hydrogen-bond acceptors (Lipinski definition) is 5. The molecule has 0 saturated heterocycles. The molecule has 0 spiro atoms. The number of ketones is 1. The molecule has 6 nitrogen and oxygen atoms in total. The second-order valence-corrected chi connectivity index (χ2v) is 5.34. The van der Waals surface area contributed by atoms with Crippen molar-refractivity contribution in [1.29, 1.82) is 0 Å². The summed E-state index contributed by atoms with van der Waals surface area (Å²) in [4.78, 5) is 28.5. The van der Waals surface area contributed by atoms with Crippen molar-refractivity contribution in [2.45, 2.75) is 0 Å². The van der Waals surface area contributed by atoms with Crippen LogP contribution in [0.5, 0.6) is 17.2 Å². The first kappa shape index (κ1) is 16.6. The summed E-state index contributed by atoms with van der Waals surface area (Å²) >= 11 is 0. The third kappa shape index (κ3) is 2.94. The Kier molecular flexibility index (Phi) is 4.43. The highest BCUT2D eigenvalue weighted by molar-refractivity contribution is 6.10. The second kappa shape index (κ2) is 6.68. The Bertz CT molecular complexity index is 1010. The summed E-state index contributed by atoms with van der Waals surface area (Å²) < 4.78 is 15.5. The third-order valence-electron chi connectivity index (χ3n) is 3.98. The van der Waals surface area contributed by atoms with Gasteiger partial charge in [-0.25, -0.2) is 0 Å². The van der Waals surface area contributed by atoms with Gasteiger partial charge in [-0.1, -0.05) is 0 Å². The number of H-pyrrole nitrogens is 1. The van der Waals surface area contributed by atoms with Crippen molar-refractivity contribution in [3.05, 3.63) is 63.9 Å². The van der Waals surface area contributed by atoms with Crippen LogP contribution in [0.25, 0.3) is 10.9 Å². The smallest absolute Gasteiger partial charge is 0.200 e. The predicted molar refractivity (Wildman–Crippen MR) is 94.1 cm³/mol. The zero-order chi connectivity index (χ0) is 18.0. The van der Waals surface area contributed by atoms with E-state index in [0.717, 1.165) is 0 Å². The Morgan fingerprint density at radius 2 is 1.68 bits per heavy atom. The van der Waals surface area contributed by atoms with Gasteiger partial charge in [-0.05, 0) is 36.4 Å². The number of carbonyl (C=O) groups is 1. The molecule has 6 heteroatoms. The van der Waals surface area contributed by atoms with Gasteiger partial charge >= 0.3 is 0 Å². The molecule has 25 heavy (non-hydrogen) atoms. The molecule has 0 saturated carbocycles. The zero-order valence-electron chi connectivity index (χ0n) is 14.1. The van der Waals surface area contributed by atoms with Crippen molar-refractivity contribution in [1.82, 2.24) is 4.98 Å². The summed E-state index contributed by atoms with van der Waals surface area (Å²) in [5, 5.41) is 0.394. The van der Waals surface area contributed by atoms with Crippen LogP contribution < -0.4 is 19.6 Å². The van der Waals surface area contributed by atoms with Crippen molar-refractivity contribution in [3.63, 3.8) is 0 Å².